The molecule has 4 nitrogen and oxygen atoms in total. The summed E-state index contributed by atoms with van der Waals surface area (Å²) in [5.74, 6) is 0.843. The van der Waals surface area contributed by atoms with Crippen LogP contribution in [0.25, 0.3) is 0 Å². The molecule has 0 atom stereocenters. The van der Waals surface area contributed by atoms with Crippen molar-refractivity contribution in [1.29, 1.82) is 0 Å². The Hall–Kier alpha value is -1.20. The van der Waals surface area contributed by atoms with Gasteiger partial charge < -0.3 is 15.4 Å². The highest BCUT2D eigenvalue weighted by atomic mass is 32.2. The summed E-state index contributed by atoms with van der Waals surface area (Å²) in [6, 6.07) is 6.56. The molecule has 5 heteroatoms. The van der Waals surface area contributed by atoms with Crippen LogP contribution in [0.4, 0.5) is 0 Å². The van der Waals surface area contributed by atoms with Crippen molar-refractivity contribution in [2.75, 3.05) is 33.1 Å². The number of benzene rings is 1. The molecular formula is C16H25N3OS. The second-order valence-electron chi connectivity index (χ2n) is 5.90. The maximum absolute atomic E-state index is 5.27. The van der Waals surface area contributed by atoms with Gasteiger partial charge in [-0.15, -0.1) is 11.8 Å². The average molecular weight is 307 g/mol. The quantitative estimate of drug-likeness (QED) is 0.498. The molecule has 1 heterocycles. The van der Waals surface area contributed by atoms with Crippen molar-refractivity contribution in [3.8, 4) is 0 Å². The molecule has 1 aromatic carbocycles. The van der Waals surface area contributed by atoms with E-state index in [1.54, 1.807) is 18.8 Å². The predicted octanol–water partition coefficient (Wildman–Crippen LogP) is 2.42. The van der Waals surface area contributed by atoms with E-state index in [2.05, 4.69) is 53.9 Å². The molecule has 0 bridgehead atoms. The molecule has 116 valence electrons. The minimum atomic E-state index is 0.242. The monoisotopic (exact) mass is 307 g/mol. The Kier molecular flexibility index (Phi) is 5.53. The van der Waals surface area contributed by atoms with Gasteiger partial charge in [0, 0.05) is 30.4 Å². The predicted molar refractivity (Wildman–Crippen MR) is 90.1 cm³/mol. The van der Waals surface area contributed by atoms with Gasteiger partial charge >= 0.3 is 0 Å². The molecule has 1 aromatic rings. The van der Waals surface area contributed by atoms with E-state index in [0.717, 1.165) is 32.3 Å². The van der Waals surface area contributed by atoms with Gasteiger partial charge in [0.2, 0.25) is 0 Å². The lowest BCUT2D eigenvalue weighted by atomic mass is 9.89. The van der Waals surface area contributed by atoms with E-state index in [1.807, 2.05) is 0 Å². The number of hydrogen-bond donors (Lipinski definition) is 2. The molecule has 1 aliphatic heterocycles. The van der Waals surface area contributed by atoms with Gasteiger partial charge in [-0.25, -0.2) is 0 Å². The molecule has 1 fully saturated rings. The minimum Gasteiger partial charge on any atom is -0.380 e. The van der Waals surface area contributed by atoms with Gasteiger partial charge in [-0.2, -0.15) is 0 Å². The third kappa shape index (κ3) is 4.38. The summed E-state index contributed by atoms with van der Waals surface area (Å²) in [6.07, 6.45) is 2.11. The van der Waals surface area contributed by atoms with Crippen LogP contribution in [0.2, 0.25) is 0 Å². The van der Waals surface area contributed by atoms with Crippen LogP contribution in [0, 0.1) is 12.3 Å². The van der Waals surface area contributed by atoms with Gasteiger partial charge in [-0.05, 0) is 30.4 Å². The van der Waals surface area contributed by atoms with E-state index in [9.17, 15) is 0 Å². The van der Waals surface area contributed by atoms with E-state index in [-0.39, 0.29) is 5.41 Å². The van der Waals surface area contributed by atoms with Crippen molar-refractivity contribution in [3.05, 3.63) is 29.3 Å². The zero-order chi connectivity index (χ0) is 15.3. The summed E-state index contributed by atoms with van der Waals surface area (Å²) in [5.41, 5.74) is 2.84. The normalized spacial score (nSPS) is 17.2. The second-order valence-corrected chi connectivity index (χ2v) is 6.75. The van der Waals surface area contributed by atoms with Gasteiger partial charge in [-0.1, -0.05) is 19.1 Å². The van der Waals surface area contributed by atoms with Gasteiger partial charge in [0.25, 0.3) is 0 Å². The van der Waals surface area contributed by atoms with Gasteiger partial charge in [0.15, 0.2) is 5.96 Å². The largest absolute Gasteiger partial charge is 0.380 e. The molecular weight excluding hydrogens is 282 g/mol. The zero-order valence-corrected chi connectivity index (χ0v) is 14.1. The smallest absolute Gasteiger partial charge is 0.191 e. The Balaban J connectivity index is 1.88. The van der Waals surface area contributed by atoms with E-state index in [4.69, 9.17) is 4.74 Å². The van der Waals surface area contributed by atoms with Crippen molar-refractivity contribution in [2.24, 2.45) is 10.4 Å². The first-order chi connectivity index (χ1) is 10.1. The first-order valence-corrected chi connectivity index (χ1v) is 8.44. The SMILES string of the molecule is CN=C(NCc1ccc(C)cc1SC)NCC1(C)COC1. The summed E-state index contributed by atoms with van der Waals surface area (Å²) in [7, 11) is 1.81. The standard InChI is InChI=1S/C16H25N3OS/c1-12-5-6-13(14(7-12)21-4)8-18-15(17-3)19-9-16(2)10-20-11-16/h5-7H,8-11H2,1-4H3,(H2,17,18,19). The topological polar surface area (TPSA) is 45.7 Å². The molecule has 0 radical (unpaired) electrons. The van der Waals surface area contributed by atoms with Crippen molar-refractivity contribution < 1.29 is 4.74 Å². The number of hydrogen-bond acceptors (Lipinski definition) is 3. The Labute approximate surface area is 131 Å². The van der Waals surface area contributed by atoms with Gasteiger partial charge in [-0.3, -0.25) is 4.99 Å². The second kappa shape index (κ2) is 7.18. The number of nitrogens with zero attached hydrogens (tertiary/aromatic N) is 1. The Bertz CT molecular complexity index is 512. The lowest BCUT2D eigenvalue weighted by Gasteiger charge is -2.38. The maximum atomic E-state index is 5.27. The summed E-state index contributed by atoms with van der Waals surface area (Å²) in [6.45, 7) is 7.66. The zero-order valence-electron chi connectivity index (χ0n) is 13.3. The highest BCUT2D eigenvalue weighted by Crippen LogP contribution is 2.25. The van der Waals surface area contributed by atoms with E-state index >= 15 is 0 Å². The Morgan fingerprint density at radius 3 is 2.71 bits per heavy atom. The number of rotatable bonds is 5. The Morgan fingerprint density at radius 1 is 1.38 bits per heavy atom. The van der Waals surface area contributed by atoms with Crippen LogP contribution < -0.4 is 10.6 Å². The van der Waals surface area contributed by atoms with Gasteiger partial charge in [0.1, 0.15) is 0 Å². The fourth-order valence-electron chi connectivity index (χ4n) is 2.25. The molecule has 0 unspecified atom stereocenters. The van der Waals surface area contributed by atoms with Crippen molar-refractivity contribution in [1.82, 2.24) is 10.6 Å². The third-order valence-electron chi connectivity index (χ3n) is 3.70. The number of ether oxygens (including phenoxy) is 1. The number of guanidine groups is 1. The lowest BCUT2D eigenvalue weighted by molar-refractivity contribution is -0.0971. The van der Waals surface area contributed by atoms with Crippen LogP contribution in [0.5, 0.6) is 0 Å². The van der Waals surface area contributed by atoms with Crippen LogP contribution in [0.3, 0.4) is 0 Å². The fraction of sp³-hybridized carbons (Fsp3) is 0.562. The number of aliphatic imine (C=N–C) groups is 1. The van der Waals surface area contributed by atoms with Crippen molar-refractivity contribution in [3.63, 3.8) is 0 Å². The molecule has 0 spiro atoms. The highest BCUT2D eigenvalue weighted by Gasteiger charge is 2.33. The molecule has 0 saturated carbocycles. The lowest BCUT2D eigenvalue weighted by Crippen LogP contribution is -2.50. The molecule has 0 aromatic heterocycles. The molecule has 0 aliphatic carbocycles. The molecule has 21 heavy (non-hydrogen) atoms. The third-order valence-corrected chi connectivity index (χ3v) is 4.52. The van der Waals surface area contributed by atoms with Crippen molar-refractivity contribution in [2.45, 2.75) is 25.3 Å². The molecule has 1 aliphatic rings. The van der Waals surface area contributed by atoms with Crippen LogP contribution in [0.1, 0.15) is 18.1 Å². The molecule has 2 rings (SSSR count). The van der Waals surface area contributed by atoms with Gasteiger partial charge in [0.05, 0.1) is 13.2 Å². The number of aryl methyl sites for hydroxylation is 1. The summed E-state index contributed by atoms with van der Waals surface area (Å²) in [4.78, 5) is 5.60. The van der Waals surface area contributed by atoms with Crippen LogP contribution in [0.15, 0.2) is 28.1 Å². The molecule has 0 amide bonds. The minimum absolute atomic E-state index is 0.242. The first kappa shape index (κ1) is 16.2. The number of nitrogens with one attached hydrogen (secondary N) is 2. The van der Waals surface area contributed by atoms with Crippen LogP contribution in [-0.2, 0) is 11.3 Å². The summed E-state index contributed by atoms with van der Waals surface area (Å²) in [5, 5.41) is 6.77. The fourth-order valence-corrected chi connectivity index (χ4v) is 2.95. The van der Waals surface area contributed by atoms with E-state index < -0.39 is 0 Å². The molecule has 1 saturated heterocycles. The summed E-state index contributed by atoms with van der Waals surface area (Å²) >= 11 is 1.78. The van der Waals surface area contributed by atoms with Crippen molar-refractivity contribution >= 4 is 17.7 Å². The number of thioether (sulfide) groups is 1. The summed E-state index contributed by atoms with van der Waals surface area (Å²) < 4.78 is 5.27. The van der Waals surface area contributed by atoms with Crippen LogP contribution >= 0.6 is 11.8 Å². The average Bonchev–Trinajstić information content (AvgIpc) is 2.46. The maximum Gasteiger partial charge on any atom is 0.191 e. The van der Waals surface area contributed by atoms with E-state index in [1.165, 1.54) is 16.0 Å². The highest BCUT2D eigenvalue weighted by molar-refractivity contribution is 7.98. The van der Waals surface area contributed by atoms with Crippen LogP contribution in [-0.4, -0.2) is 39.0 Å². The molecule has 2 N–H and O–H groups in total. The van der Waals surface area contributed by atoms with E-state index in [0.29, 0.717) is 0 Å². The first-order valence-electron chi connectivity index (χ1n) is 7.22. The Morgan fingerprint density at radius 2 is 2.14 bits per heavy atom.